The maximum absolute atomic E-state index is 10.6. The van der Waals surface area contributed by atoms with Crippen molar-refractivity contribution in [3.05, 3.63) is 29.3 Å². The molecule has 3 nitrogen and oxygen atoms in total. The Morgan fingerprint density at radius 2 is 1.89 bits per heavy atom. The van der Waals surface area contributed by atoms with Crippen molar-refractivity contribution in [3.8, 4) is 0 Å². The summed E-state index contributed by atoms with van der Waals surface area (Å²) in [6.45, 7) is 9.00. The Bertz CT molecular complexity index is 433. The molecular formula is C14H20BO3. The van der Waals surface area contributed by atoms with Gasteiger partial charge in [-0.1, -0.05) is 23.2 Å². The van der Waals surface area contributed by atoms with Crippen molar-refractivity contribution >= 4 is 19.2 Å². The molecule has 0 amide bonds. The number of carbonyl (C=O) groups excluding carboxylic acids is 1. The van der Waals surface area contributed by atoms with E-state index >= 15 is 0 Å². The van der Waals surface area contributed by atoms with Crippen LogP contribution in [0.1, 0.15) is 43.6 Å². The van der Waals surface area contributed by atoms with Crippen molar-refractivity contribution in [2.75, 3.05) is 0 Å². The fourth-order valence-corrected chi connectivity index (χ4v) is 1.26. The standard InChI is InChI=1S/C14H20BO3/c1-10-8-11(9-16)6-7-12(10)15-18-14(4,5)13(2,3)17/h6-9,17H,1-5H3. The molecule has 0 saturated heterocycles. The molecule has 1 aromatic carbocycles. The summed E-state index contributed by atoms with van der Waals surface area (Å²) in [5.74, 6) is 0. The van der Waals surface area contributed by atoms with Gasteiger partial charge in [-0.05, 0) is 40.7 Å². The predicted octanol–water partition coefficient (Wildman–Crippen LogP) is 1.62. The lowest BCUT2D eigenvalue weighted by Gasteiger charge is -2.37. The van der Waals surface area contributed by atoms with Crippen LogP contribution in [0.2, 0.25) is 0 Å². The van der Waals surface area contributed by atoms with E-state index in [1.807, 2.05) is 26.8 Å². The molecule has 4 heteroatoms. The monoisotopic (exact) mass is 247 g/mol. The van der Waals surface area contributed by atoms with E-state index in [1.54, 1.807) is 33.5 Å². The molecule has 1 rings (SSSR count). The largest absolute Gasteiger partial charge is 0.427 e. The molecule has 1 N–H and O–H groups in total. The predicted molar refractivity (Wildman–Crippen MR) is 73.4 cm³/mol. The van der Waals surface area contributed by atoms with Crippen LogP contribution in [0.3, 0.4) is 0 Å². The highest BCUT2D eigenvalue weighted by Gasteiger charge is 2.35. The van der Waals surface area contributed by atoms with Crippen molar-refractivity contribution < 1.29 is 14.6 Å². The molecule has 0 aliphatic rings. The first-order valence-corrected chi connectivity index (χ1v) is 5.96. The summed E-state index contributed by atoms with van der Waals surface area (Å²) in [6, 6.07) is 5.38. The van der Waals surface area contributed by atoms with Crippen LogP contribution in [0, 0.1) is 6.92 Å². The maximum Gasteiger partial charge on any atom is 0.331 e. The molecule has 0 aliphatic heterocycles. The number of benzene rings is 1. The zero-order chi connectivity index (χ0) is 14.0. The van der Waals surface area contributed by atoms with Gasteiger partial charge in [-0.15, -0.1) is 0 Å². The molecule has 1 radical (unpaired) electrons. The number of hydrogen-bond donors (Lipinski definition) is 1. The van der Waals surface area contributed by atoms with Crippen LogP contribution < -0.4 is 5.46 Å². The fraction of sp³-hybridized carbons (Fsp3) is 0.500. The summed E-state index contributed by atoms with van der Waals surface area (Å²) in [5, 5.41) is 9.98. The summed E-state index contributed by atoms with van der Waals surface area (Å²) in [4.78, 5) is 10.6. The first-order chi connectivity index (χ1) is 8.17. The van der Waals surface area contributed by atoms with Gasteiger partial charge in [-0.2, -0.15) is 0 Å². The van der Waals surface area contributed by atoms with Gasteiger partial charge in [0.1, 0.15) is 6.29 Å². The molecular weight excluding hydrogens is 227 g/mol. The highest BCUT2D eigenvalue weighted by Crippen LogP contribution is 2.24. The van der Waals surface area contributed by atoms with E-state index in [2.05, 4.69) is 0 Å². The van der Waals surface area contributed by atoms with Gasteiger partial charge in [0.2, 0.25) is 0 Å². The molecule has 0 spiro atoms. The molecule has 0 saturated carbocycles. The van der Waals surface area contributed by atoms with Gasteiger partial charge in [0.15, 0.2) is 0 Å². The second-order valence-electron chi connectivity index (χ2n) is 5.54. The number of aldehydes is 1. The van der Waals surface area contributed by atoms with E-state index in [1.165, 1.54) is 0 Å². The average molecular weight is 247 g/mol. The van der Waals surface area contributed by atoms with Crippen LogP contribution in [0.25, 0.3) is 0 Å². The molecule has 0 unspecified atom stereocenters. The van der Waals surface area contributed by atoms with Crippen LogP contribution in [-0.2, 0) is 4.65 Å². The van der Waals surface area contributed by atoms with Crippen molar-refractivity contribution in [2.24, 2.45) is 0 Å². The van der Waals surface area contributed by atoms with E-state index in [4.69, 9.17) is 4.65 Å². The molecule has 0 aromatic heterocycles. The van der Waals surface area contributed by atoms with Crippen LogP contribution in [0.4, 0.5) is 0 Å². The van der Waals surface area contributed by atoms with E-state index in [-0.39, 0.29) is 0 Å². The molecule has 0 atom stereocenters. The number of carbonyl (C=O) groups is 1. The van der Waals surface area contributed by atoms with E-state index in [9.17, 15) is 9.90 Å². The quantitative estimate of drug-likeness (QED) is 0.635. The SMILES string of the molecule is Cc1cc(C=O)ccc1[B]OC(C)(C)C(C)(C)O. The highest BCUT2D eigenvalue weighted by molar-refractivity contribution is 6.47. The molecule has 18 heavy (non-hydrogen) atoms. The minimum Gasteiger partial charge on any atom is -0.427 e. The number of aliphatic hydroxyl groups is 1. The van der Waals surface area contributed by atoms with Crippen molar-refractivity contribution in [3.63, 3.8) is 0 Å². The van der Waals surface area contributed by atoms with Gasteiger partial charge in [0.05, 0.1) is 11.2 Å². The average Bonchev–Trinajstić information content (AvgIpc) is 2.25. The molecule has 0 heterocycles. The summed E-state index contributed by atoms with van der Waals surface area (Å²) < 4.78 is 5.67. The Morgan fingerprint density at radius 3 is 2.33 bits per heavy atom. The Labute approximate surface area is 109 Å². The topological polar surface area (TPSA) is 46.5 Å². The number of hydrogen-bond acceptors (Lipinski definition) is 3. The Kier molecular flexibility index (Phi) is 4.35. The van der Waals surface area contributed by atoms with Crippen LogP contribution in [-0.4, -0.2) is 30.1 Å². The summed E-state index contributed by atoms with van der Waals surface area (Å²) in [6.07, 6.45) is 0.818. The number of aryl methyl sites for hydroxylation is 1. The van der Waals surface area contributed by atoms with E-state index in [0.29, 0.717) is 5.56 Å². The van der Waals surface area contributed by atoms with Crippen LogP contribution >= 0.6 is 0 Å². The zero-order valence-electron chi connectivity index (χ0n) is 11.7. The minimum absolute atomic E-state index is 0.645. The lowest BCUT2D eigenvalue weighted by atomic mass is 9.80. The lowest BCUT2D eigenvalue weighted by molar-refractivity contribution is -0.0893. The summed E-state index contributed by atoms with van der Waals surface area (Å²) in [5.41, 5.74) is 0.874. The zero-order valence-corrected chi connectivity index (χ0v) is 11.7. The van der Waals surface area contributed by atoms with Crippen molar-refractivity contribution in [1.29, 1.82) is 0 Å². The Morgan fingerprint density at radius 1 is 1.28 bits per heavy atom. The van der Waals surface area contributed by atoms with Gasteiger partial charge in [0, 0.05) is 5.56 Å². The second kappa shape index (κ2) is 5.25. The first-order valence-electron chi connectivity index (χ1n) is 5.96. The highest BCUT2D eigenvalue weighted by atomic mass is 16.5. The van der Waals surface area contributed by atoms with Crippen LogP contribution in [0.15, 0.2) is 18.2 Å². The van der Waals surface area contributed by atoms with Gasteiger partial charge in [-0.3, -0.25) is 4.79 Å². The normalized spacial score (nSPS) is 12.3. The minimum atomic E-state index is -0.944. The maximum atomic E-state index is 10.6. The van der Waals surface area contributed by atoms with Crippen LogP contribution in [0.5, 0.6) is 0 Å². The molecule has 0 bridgehead atoms. The lowest BCUT2D eigenvalue weighted by Crippen LogP contribution is -2.49. The molecule has 0 aliphatic carbocycles. The first kappa shape index (κ1) is 14.9. The molecule has 0 fully saturated rings. The summed E-state index contributed by atoms with van der Waals surface area (Å²) >= 11 is 0. The second-order valence-corrected chi connectivity index (χ2v) is 5.54. The van der Waals surface area contributed by atoms with E-state index < -0.39 is 11.2 Å². The third-order valence-electron chi connectivity index (χ3n) is 3.38. The van der Waals surface area contributed by atoms with Gasteiger partial charge < -0.3 is 9.76 Å². The molecule has 1 aromatic rings. The third kappa shape index (κ3) is 3.43. The Balaban J connectivity index is 2.78. The third-order valence-corrected chi connectivity index (χ3v) is 3.38. The van der Waals surface area contributed by atoms with Gasteiger partial charge in [0.25, 0.3) is 0 Å². The number of rotatable bonds is 5. The van der Waals surface area contributed by atoms with Gasteiger partial charge >= 0.3 is 7.48 Å². The summed E-state index contributed by atoms with van der Waals surface area (Å²) in [7, 11) is 1.63. The smallest absolute Gasteiger partial charge is 0.331 e. The van der Waals surface area contributed by atoms with Crippen molar-refractivity contribution in [1.82, 2.24) is 0 Å². The van der Waals surface area contributed by atoms with Crippen molar-refractivity contribution in [2.45, 2.75) is 45.8 Å². The van der Waals surface area contributed by atoms with E-state index in [0.717, 1.165) is 17.3 Å². The molecule has 97 valence electrons. The van der Waals surface area contributed by atoms with Gasteiger partial charge in [-0.25, -0.2) is 0 Å². The fourth-order valence-electron chi connectivity index (χ4n) is 1.26. The Hall–Kier alpha value is -1.13.